The first-order valence-corrected chi connectivity index (χ1v) is 8.94. The molecule has 0 aliphatic heterocycles. The van der Waals surface area contributed by atoms with Crippen molar-refractivity contribution in [2.45, 2.75) is 18.0 Å². The quantitative estimate of drug-likeness (QED) is 0.850. The number of thiophene rings is 1. The smallest absolute Gasteiger partial charge is 0.346 e. The van der Waals surface area contributed by atoms with Gasteiger partial charge in [-0.05, 0) is 34.7 Å². The monoisotopic (exact) mass is 325 g/mol. The summed E-state index contributed by atoms with van der Waals surface area (Å²) in [5.41, 5.74) is 1.69. The highest BCUT2D eigenvalue weighted by molar-refractivity contribution is 7.90. The van der Waals surface area contributed by atoms with E-state index in [9.17, 15) is 13.2 Å². The minimum Gasteiger partial charge on any atom is -0.477 e. The molecule has 21 heavy (non-hydrogen) atoms. The summed E-state index contributed by atoms with van der Waals surface area (Å²) >= 11 is 1.20. The first-order valence-electron chi connectivity index (χ1n) is 6.17. The molecule has 0 amide bonds. The van der Waals surface area contributed by atoms with Gasteiger partial charge in [0.15, 0.2) is 9.84 Å². The summed E-state index contributed by atoms with van der Waals surface area (Å²) in [7, 11) is -3.17. The molecule has 0 bridgehead atoms. The Labute approximate surface area is 127 Å². The van der Waals surface area contributed by atoms with Crippen LogP contribution in [0.2, 0.25) is 0 Å². The van der Waals surface area contributed by atoms with Crippen LogP contribution in [0.5, 0.6) is 0 Å². The molecule has 0 aliphatic rings. The average molecular weight is 325 g/mol. The predicted molar refractivity (Wildman–Crippen MR) is 81.4 cm³/mol. The number of hydrogen-bond donors (Lipinski definition) is 2. The number of rotatable bonds is 6. The summed E-state index contributed by atoms with van der Waals surface area (Å²) in [6, 6.07) is 8.41. The van der Waals surface area contributed by atoms with Crippen LogP contribution < -0.4 is 5.32 Å². The van der Waals surface area contributed by atoms with Crippen LogP contribution in [0.15, 0.2) is 40.6 Å². The maximum atomic E-state index is 11.3. The maximum absolute atomic E-state index is 11.3. The minimum absolute atomic E-state index is 0.289. The van der Waals surface area contributed by atoms with Crippen LogP contribution >= 0.6 is 11.3 Å². The largest absolute Gasteiger partial charge is 0.477 e. The van der Waals surface area contributed by atoms with E-state index < -0.39 is 15.8 Å². The molecular weight excluding hydrogens is 310 g/mol. The van der Waals surface area contributed by atoms with Gasteiger partial charge < -0.3 is 10.4 Å². The van der Waals surface area contributed by atoms with Gasteiger partial charge in [-0.1, -0.05) is 12.1 Å². The van der Waals surface area contributed by atoms with E-state index in [4.69, 9.17) is 5.11 Å². The van der Waals surface area contributed by atoms with E-state index >= 15 is 0 Å². The van der Waals surface area contributed by atoms with Crippen molar-refractivity contribution >= 4 is 27.1 Å². The minimum atomic E-state index is -3.17. The molecule has 0 spiro atoms. The zero-order valence-corrected chi connectivity index (χ0v) is 13.0. The van der Waals surface area contributed by atoms with E-state index in [1.54, 1.807) is 35.7 Å². The third kappa shape index (κ3) is 4.13. The van der Waals surface area contributed by atoms with Crippen molar-refractivity contribution in [3.05, 3.63) is 51.7 Å². The zero-order valence-electron chi connectivity index (χ0n) is 11.4. The molecule has 2 rings (SSSR count). The van der Waals surface area contributed by atoms with Crippen molar-refractivity contribution in [2.24, 2.45) is 0 Å². The molecule has 0 saturated carbocycles. The summed E-state index contributed by atoms with van der Waals surface area (Å²) in [6.07, 6.45) is 1.17. The number of carbonyl (C=O) groups is 1. The Morgan fingerprint density at radius 2 is 1.86 bits per heavy atom. The van der Waals surface area contributed by atoms with Gasteiger partial charge in [0.2, 0.25) is 0 Å². The highest BCUT2D eigenvalue weighted by Gasteiger charge is 2.11. The highest BCUT2D eigenvalue weighted by atomic mass is 32.2. The van der Waals surface area contributed by atoms with Gasteiger partial charge in [0.25, 0.3) is 0 Å². The number of nitrogens with one attached hydrogen (secondary N) is 1. The van der Waals surface area contributed by atoms with Gasteiger partial charge in [-0.2, -0.15) is 0 Å². The Kier molecular flexibility index (Phi) is 4.76. The lowest BCUT2D eigenvalue weighted by molar-refractivity contribution is 0.0701. The van der Waals surface area contributed by atoms with Crippen LogP contribution in [0.1, 0.15) is 20.8 Å². The van der Waals surface area contributed by atoms with E-state index in [2.05, 4.69) is 5.32 Å². The fraction of sp³-hybridized carbons (Fsp3) is 0.214. The first-order chi connectivity index (χ1) is 9.88. The number of carboxylic acids is 1. The van der Waals surface area contributed by atoms with Crippen molar-refractivity contribution in [1.82, 2.24) is 5.32 Å². The summed E-state index contributed by atoms with van der Waals surface area (Å²) in [6.45, 7) is 0.998. The van der Waals surface area contributed by atoms with Crippen LogP contribution in [0, 0.1) is 0 Å². The van der Waals surface area contributed by atoms with Crippen molar-refractivity contribution < 1.29 is 18.3 Å². The zero-order chi connectivity index (χ0) is 15.5. The third-order valence-corrected chi connectivity index (χ3v) is 5.01. The third-order valence-electron chi connectivity index (χ3n) is 2.94. The fourth-order valence-electron chi connectivity index (χ4n) is 1.86. The Bertz CT molecular complexity index is 733. The summed E-state index contributed by atoms with van der Waals surface area (Å²) < 4.78 is 22.7. The Morgan fingerprint density at radius 3 is 2.43 bits per heavy atom. The molecule has 0 radical (unpaired) electrons. The molecule has 0 saturated heterocycles. The number of carboxylic acid groups (broad SMARTS) is 1. The van der Waals surface area contributed by atoms with Crippen LogP contribution in [0.4, 0.5) is 0 Å². The molecular formula is C14H15NO4S2. The van der Waals surface area contributed by atoms with Crippen LogP contribution in [-0.4, -0.2) is 25.7 Å². The van der Waals surface area contributed by atoms with Crippen molar-refractivity contribution in [2.75, 3.05) is 6.26 Å². The molecule has 112 valence electrons. The van der Waals surface area contributed by atoms with E-state index in [0.717, 1.165) is 11.1 Å². The molecule has 2 N–H and O–H groups in total. The molecule has 1 aromatic heterocycles. The van der Waals surface area contributed by atoms with Gasteiger partial charge in [-0.3, -0.25) is 0 Å². The molecule has 5 nitrogen and oxygen atoms in total. The molecule has 1 aromatic carbocycles. The number of hydrogen-bond acceptors (Lipinski definition) is 5. The lowest BCUT2D eigenvalue weighted by Gasteiger charge is -2.06. The van der Waals surface area contributed by atoms with Gasteiger partial charge >= 0.3 is 5.97 Å². The maximum Gasteiger partial charge on any atom is 0.346 e. The second-order valence-electron chi connectivity index (χ2n) is 4.60. The van der Waals surface area contributed by atoms with Gasteiger partial charge in [0.1, 0.15) is 4.88 Å². The van der Waals surface area contributed by atoms with Crippen LogP contribution in [0.3, 0.4) is 0 Å². The van der Waals surface area contributed by atoms with Crippen LogP contribution in [0.25, 0.3) is 0 Å². The molecule has 0 fully saturated rings. The van der Waals surface area contributed by atoms with Gasteiger partial charge in [-0.15, -0.1) is 11.3 Å². The van der Waals surface area contributed by atoms with Crippen molar-refractivity contribution in [3.8, 4) is 0 Å². The normalized spacial score (nSPS) is 11.5. The second kappa shape index (κ2) is 6.38. The van der Waals surface area contributed by atoms with Gasteiger partial charge in [0.05, 0.1) is 4.90 Å². The molecule has 7 heteroatoms. The SMILES string of the molecule is CS(=O)(=O)c1ccc(CNCc2ccsc2C(=O)O)cc1. The average Bonchev–Trinajstić information content (AvgIpc) is 2.87. The molecule has 0 aliphatic carbocycles. The topological polar surface area (TPSA) is 83.5 Å². The molecule has 0 atom stereocenters. The predicted octanol–water partition coefficient (Wildman–Crippen LogP) is 2.14. The number of aromatic carboxylic acids is 1. The summed E-state index contributed by atoms with van der Waals surface area (Å²) in [4.78, 5) is 11.6. The van der Waals surface area contributed by atoms with E-state index in [1.807, 2.05) is 0 Å². The number of benzene rings is 1. The Balaban J connectivity index is 1.95. The van der Waals surface area contributed by atoms with Gasteiger partial charge in [-0.25, -0.2) is 13.2 Å². The molecule has 2 aromatic rings. The second-order valence-corrected chi connectivity index (χ2v) is 7.53. The summed E-state index contributed by atoms with van der Waals surface area (Å²) in [5, 5.41) is 13.9. The Hall–Kier alpha value is -1.70. The summed E-state index contributed by atoms with van der Waals surface area (Å²) in [5.74, 6) is -0.917. The van der Waals surface area contributed by atoms with E-state index in [0.29, 0.717) is 18.0 Å². The van der Waals surface area contributed by atoms with Crippen molar-refractivity contribution in [3.63, 3.8) is 0 Å². The fourth-order valence-corrected chi connectivity index (χ4v) is 3.25. The van der Waals surface area contributed by atoms with E-state index in [-0.39, 0.29) is 4.90 Å². The number of sulfone groups is 1. The van der Waals surface area contributed by atoms with Crippen LogP contribution in [-0.2, 0) is 22.9 Å². The Morgan fingerprint density at radius 1 is 1.19 bits per heavy atom. The first kappa shape index (κ1) is 15.7. The molecule has 0 unspecified atom stereocenters. The van der Waals surface area contributed by atoms with E-state index in [1.165, 1.54) is 17.6 Å². The highest BCUT2D eigenvalue weighted by Crippen LogP contribution is 2.16. The van der Waals surface area contributed by atoms with Gasteiger partial charge in [0, 0.05) is 19.3 Å². The lowest BCUT2D eigenvalue weighted by Crippen LogP contribution is -2.14. The van der Waals surface area contributed by atoms with Crippen molar-refractivity contribution in [1.29, 1.82) is 0 Å². The standard InChI is InChI=1S/C14H15NO4S2/c1-21(18,19)12-4-2-10(3-5-12)8-15-9-11-6-7-20-13(11)14(16)17/h2-7,15H,8-9H2,1H3,(H,16,17). The lowest BCUT2D eigenvalue weighted by atomic mass is 10.2. The molecule has 1 heterocycles.